The summed E-state index contributed by atoms with van der Waals surface area (Å²) in [6, 6.07) is 5.07. The summed E-state index contributed by atoms with van der Waals surface area (Å²) in [5, 5.41) is 27.0. The molecule has 0 bridgehead atoms. The molecule has 0 saturated heterocycles. The van der Waals surface area contributed by atoms with Gasteiger partial charge in [0.05, 0.1) is 11.0 Å². The molecule has 0 aliphatic rings. The fourth-order valence-corrected chi connectivity index (χ4v) is 1.53. The van der Waals surface area contributed by atoms with Crippen LogP contribution >= 0.6 is 0 Å². The Morgan fingerprint density at radius 1 is 1.65 bits per heavy atom. The molecule has 1 atom stereocenters. The maximum Gasteiger partial charge on any atom is 0.338 e. The largest absolute Gasteiger partial charge is 0.392 e. The van der Waals surface area contributed by atoms with Gasteiger partial charge in [-0.15, -0.1) is 5.10 Å². The standard InChI is InChI=1S/C10H12N4O3/c1-7(15)6-11-10-9(14(16)17)8-4-2-3-5-13(8)12-10/h2-5,7,15H,6H2,1H3,(H,11,12). The maximum atomic E-state index is 11.0. The number of rotatable bonds is 4. The van der Waals surface area contributed by atoms with Crippen molar-refractivity contribution in [2.24, 2.45) is 0 Å². The molecule has 1 unspecified atom stereocenters. The van der Waals surface area contributed by atoms with Crippen LogP contribution in [0.3, 0.4) is 0 Å². The van der Waals surface area contributed by atoms with Crippen molar-refractivity contribution in [1.82, 2.24) is 9.61 Å². The molecule has 2 rings (SSSR count). The number of hydrogen-bond donors (Lipinski definition) is 2. The van der Waals surface area contributed by atoms with Gasteiger partial charge >= 0.3 is 5.69 Å². The lowest BCUT2D eigenvalue weighted by molar-refractivity contribution is -0.382. The molecule has 0 saturated carbocycles. The molecule has 90 valence electrons. The van der Waals surface area contributed by atoms with Gasteiger partial charge in [0.25, 0.3) is 0 Å². The van der Waals surface area contributed by atoms with Gasteiger partial charge in [0.15, 0.2) is 0 Å². The monoisotopic (exact) mass is 236 g/mol. The summed E-state index contributed by atoms with van der Waals surface area (Å²) in [6.07, 6.45) is 1.04. The van der Waals surface area contributed by atoms with Gasteiger partial charge in [-0.2, -0.15) is 0 Å². The quantitative estimate of drug-likeness (QED) is 0.611. The highest BCUT2D eigenvalue weighted by atomic mass is 16.6. The van der Waals surface area contributed by atoms with E-state index in [1.807, 2.05) is 0 Å². The smallest absolute Gasteiger partial charge is 0.338 e. The van der Waals surface area contributed by atoms with E-state index in [2.05, 4.69) is 10.4 Å². The van der Waals surface area contributed by atoms with Crippen LogP contribution in [0.2, 0.25) is 0 Å². The van der Waals surface area contributed by atoms with E-state index in [4.69, 9.17) is 5.11 Å². The SMILES string of the molecule is CC(O)CNc1nn2ccccc2c1[N+](=O)[O-]. The molecular formula is C10H12N4O3. The molecule has 0 fully saturated rings. The average molecular weight is 236 g/mol. The molecule has 0 radical (unpaired) electrons. The van der Waals surface area contributed by atoms with Crippen LogP contribution in [0.25, 0.3) is 5.52 Å². The molecule has 17 heavy (non-hydrogen) atoms. The number of pyridine rings is 1. The minimum absolute atomic E-state index is 0.0775. The van der Waals surface area contributed by atoms with Crippen molar-refractivity contribution in [1.29, 1.82) is 0 Å². The van der Waals surface area contributed by atoms with Gasteiger partial charge in [-0.25, -0.2) is 4.52 Å². The van der Waals surface area contributed by atoms with E-state index in [9.17, 15) is 10.1 Å². The lowest BCUT2D eigenvalue weighted by Gasteiger charge is -2.03. The van der Waals surface area contributed by atoms with Gasteiger partial charge in [-0.1, -0.05) is 6.07 Å². The molecule has 2 heterocycles. The number of hydrogen-bond acceptors (Lipinski definition) is 5. The fraction of sp³-hybridized carbons (Fsp3) is 0.300. The predicted molar refractivity (Wildman–Crippen MR) is 62.0 cm³/mol. The number of aromatic nitrogens is 2. The minimum Gasteiger partial charge on any atom is -0.392 e. The van der Waals surface area contributed by atoms with E-state index in [0.29, 0.717) is 5.52 Å². The molecule has 2 N–H and O–H groups in total. The van der Waals surface area contributed by atoms with E-state index in [0.717, 1.165) is 0 Å². The number of nitrogens with zero attached hydrogens (tertiary/aromatic N) is 3. The topological polar surface area (TPSA) is 92.7 Å². The summed E-state index contributed by atoms with van der Waals surface area (Å²) in [6.45, 7) is 1.80. The number of nitrogens with one attached hydrogen (secondary N) is 1. The fourth-order valence-electron chi connectivity index (χ4n) is 1.53. The minimum atomic E-state index is -0.598. The van der Waals surface area contributed by atoms with E-state index in [-0.39, 0.29) is 18.1 Å². The number of aliphatic hydroxyl groups excluding tert-OH is 1. The predicted octanol–water partition coefficient (Wildman–Crippen LogP) is 1.04. The van der Waals surface area contributed by atoms with Crippen molar-refractivity contribution in [2.75, 3.05) is 11.9 Å². The third-order valence-corrected chi connectivity index (χ3v) is 2.26. The lowest BCUT2D eigenvalue weighted by Crippen LogP contribution is -2.16. The molecule has 0 spiro atoms. The number of nitro groups is 1. The van der Waals surface area contributed by atoms with Crippen LogP contribution in [0, 0.1) is 10.1 Å². The van der Waals surface area contributed by atoms with Gasteiger partial charge in [-0.05, 0) is 19.1 Å². The Kier molecular flexibility index (Phi) is 2.92. The zero-order chi connectivity index (χ0) is 12.4. The highest BCUT2D eigenvalue weighted by molar-refractivity contribution is 5.76. The molecule has 0 aliphatic carbocycles. The van der Waals surface area contributed by atoms with E-state index >= 15 is 0 Å². The second-order valence-electron chi connectivity index (χ2n) is 3.71. The van der Waals surface area contributed by atoms with Crippen LogP contribution in [0.15, 0.2) is 24.4 Å². The molecule has 0 amide bonds. The van der Waals surface area contributed by atoms with Crippen LogP contribution in [0.4, 0.5) is 11.5 Å². The number of anilines is 1. The normalized spacial score (nSPS) is 12.6. The molecule has 7 heteroatoms. The van der Waals surface area contributed by atoms with E-state index in [1.165, 1.54) is 4.52 Å². The van der Waals surface area contributed by atoms with Crippen molar-refractivity contribution >= 4 is 17.0 Å². The van der Waals surface area contributed by atoms with Gasteiger partial charge in [0.1, 0.15) is 5.52 Å². The zero-order valence-corrected chi connectivity index (χ0v) is 9.20. The first-order valence-corrected chi connectivity index (χ1v) is 5.13. The molecule has 2 aromatic heterocycles. The van der Waals surface area contributed by atoms with Crippen molar-refractivity contribution in [2.45, 2.75) is 13.0 Å². The third-order valence-electron chi connectivity index (χ3n) is 2.26. The van der Waals surface area contributed by atoms with Crippen LogP contribution < -0.4 is 5.32 Å². The molecule has 7 nitrogen and oxygen atoms in total. The van der Waals surface area contributed by atoms with Crippen LogP contribution in [0.5, 0.6) is 0 Å². The number of aliphatic hydroxyl groups is 1. The summed E-state index contributed by atoms with van der Waals surface area (Å²) < 4.78 is 1.43. The molecule has 2 aromatic rings. The Morgan fingerprint density at radius 3 is 3.06 bits per heavy atom. The third kappa shape index (κ3) is 2.18. The Hall–Kier alpha value is -2.15. The summed E-state index contributed by atoms with van der Waals surface area (Å²) >= 11 is 0. The average Bonchev–Trinajstić information content (AvgIpc) is 2.64. The zero-order valence-electron chi connectivity index (χ0n) is 9.20. The maximum absolute atomic E-state index is 11.0. The van der Waals surface area contributed by atoms with Gasteiger partial charge in [-0.3, -0.25) is 10.1 Å². The first kappa shape index (κ1) is 11.3. The highest BCUT2D eigenvalue weighted by Gasteiger charge is 2.22. The van der Waals surface area contributed by atoms with Gasteiger partial charge in [0, 0.05) is 12.7 Å². The van der Waals surface area contributed by atoms with Crippen LogP contribution in [-0.2, 0) is 0 Å². The number of fused-ring (bicyclic) bond motifs is 1. The molecule has 0 aliphatic heterocycles. The summed E-state index contributed by atoms with van der Waals surface area (Å²) in [7, 11) is 0. The van der Waals surface area contributed by atoms with Crippen molar-refractivity contribution in [3.63, 3.8) is 0 Å². The first-order chi connectivity index (χ1) is 8.09. The Balaban J connectivity index is 2.46. The Labute approximate surface area is 96.8 Å². The highest BCUT2D eigenvalue weighted by Crippen LogP contribution is 2.28. The van der Waals surface area contributed by atoms with E-state index < -0.39 is 11.0 Å². The lowest BCUT2D eigenvalue weighted by atomic mass is 10.3. The summed E-state index contributed by atoms with van der Waals surface area (Å²) in [5.74, 6) is 0.169. The van der Waals surface area contributed by atoms with Gasteiger partial charge in [0.2, 0.25) is 5.82 Å². The summed E-state index contributed by atoms with van der Waals surface area (Å²) in [5.41, 5.74) is 0.344. The van der Waals surface area contributed by atoms with Crippen LogP contribution in [-0.4, -0.2) is 32.3 Å². The van der Waals surface area contributed by atoms with Crippen molar-refractivity contribution < 1.29 is 10.0 Å². The van der Waals surface area contributed by atoms with Crippen molar-refractivity contribution in [3.8, 4) is 0 Å². The second-order valence-corrected chi connectivity index (χ2v) is 3.71. The molecular weight excluding hydrogens is 224 g/mol. The van der Waals surface area contributed by atoms with Crippen molar-refractivity contribution in [3.05, 3.63) is 34.5 Å². The van der Waals surface area contributed by atoms with Crippen LogP contribution in [0.1, 0.15) is 6.92 Å². The first-order valence-electron chi connectivity index (χ1n) is 5.13. The Morgan fingerprint density at radius 2 is 2.41 bits per heavy atom. The second kappa shape index (κ2) is 4.38. The molecule has 0 aromatic carbocycles. The summed E-state index contributed by atoms with van der Waals surface area (Å²) in [4.78, 5) is 10.5. The van der Waals surface area contributed by atoms with Gasteiger partial charge < -0.3 is 10.4 Å². The van der Waals surface area contributed by atoms with E-state index in [1.54, 1.807) is 31.3 Å². The Bertz CT molecular complexity index is 549.